The van der Waals surface area contributed by atoms with Crippen molar-refractivity contribution in [2.75, 3.05) is 4.90 Å². The number of nitrogens with two attached hydrogens (primary N) is 1. The Morgan fingerprint density at radius 1 is 0.536 bits per heavy atom. The summed E-state index contributed by atoms with van der Waals surface area (Å²) in [4.78, 5) is 6.56. The molecule has 0 atom stereocenters. The third-order valence-electron chi connectivity index (χ3n) is 10.4. The van der Waals surface area contributed by atoms with Gasteiger partial charge in [-0.05, 0) is 125 Å². The molecule has 0 amide bonds. The minimum absolute atomic E-state index is 0.978. The van der Waals surface area contributed by atoms with Gasteiger partial charge in [-0.1, -0.05) is 115 Å². The van der Waals surface area contributed by atoms with Gasteiger partial charge in [0, 0.05) is 57.7 Å². The van der Waals surface area contributed by atoms with Gasteiger partial charge in [-0.3, -0.25) is 4.98 Å². The second-order valence-electron chi connectivity index (χ2n) is 13.8. The van der Waals surface area contributed by atoms with Crippen LogP contribution < -0.4 is 10.6 Å². The van der Waals surface area contributed by atoms with Crippen LogP contribution in [0.25, 0.3) is 66.4 Å². The number of nitrogens with zero attached hydrogens (tertiary/aromatic N) is 3. The highest BCUT2D eigenvalue weighted by Crippen LogP contribution is 2.44. The molecule has 0 bridgehead atoms. The number of aromatic nitrogens is 2. The molecule has 2 N–H and O–H groups in total. The Morgan fingerprint density at radius 3 is 1.75 bits per heavy atom. The Kier molecular flexibility index (Phi) is 9.28. The SMILES string of the molecule is C/C=C\C(=C/N)c1ccc(N(c2ccc(-c3ccncc3)cc2)c2ccc3c(c2)c2cc(-c4ccccc4)cc(-c4ccccc4)c2n3-c2ccccc2)cc1. The summed E-state index contributed by atoms with van der Waals surface area (Å²) in [5.74, 6) is 0. The molecule has 9 aromatic rings. The zero-order valence-electron chi connectivity index (χ0n) is 31.1. The highest BCUT2D eigenvalue weighted by Gasteiger charge is 2.21. The highest BCUT2D eigenvalue weighted by molar-refractivity contribution is 6.16. The van der Waals surface area contributed by atoms with E-state index in [1.165, 1.54) is 38.5 Å². The van der Waals surface area contributed by atoms with Crippen LogP contribution >= 0.6 is 0 Å². The summed E-state index contributed by atoms with van der Waals surface area (Å²) >= 11 is 0. The molecule has 0 saturated heterocycles. The normalized spacial score (nSPS) is 11.8. The van der Waals surface area contributed by atoms with Gasteiger partial charge in [-0.25, -0.2) is 0 Å². The molecule has 7 aromatic carbocycles. The average molecular weight is 721 g/mol. The summed E-state index contributed by atoms with van der Waals surface area (Å²) in [6, 6.07) is 65.3. The Morgan fingerprint density at radius 2 is 1.11 bits per heavy atom. The number of rotatable bonds is 9. The summed E-state index contributed by atoms with van der Waals surface area (Å²) in [5.41, 5.74) is 21.7. The van der Waals surface area contributed by atoms with Gasteiger partial charge in [0.1, 0.15) is 0 Å². The molecular formula is C52H40N4. The zero-order chi connectivity index (χ0) is 37.8. The molecule has 56 heavy (non-hydrogen) atoms. The Balaban J connectivity index is 1.30. The zero-order valence-corrected chi connectivity index (χ0v) is 31.1. The molecule has 268 valence electrons. The maximum absolute atomic E-state index is 6.04. The molecule has 0 fully saturated rings. The first-order valence-electron chi connectivity index (χ1n) is 18.9. The number of hydrogen-bond acceptors (Lipinski definition) is 3. The van der Waals surface area contributed by atoms with E-state index in [2.05, 4.69) is 184 Å². The number of allylic oxidation sites excluding steroid dienone is 3. The lowest BCUT2D eigenvalue weighted by Crippen LogP contribution is -2.10. The minimum Gasteiger partial charge on any atom is -0.404 e. The number of fused-ring (bicyclic) bond motifs is 3. The first-order valence-corrected chi connectivity index (χ1v) is 18.9. The molecule has 0 aliphatic carbocycles. The molecule has 9 rings (SSSR count). The van der Waals surface area contributed by atoms with Crippen molar-refractivity contribution in [3.05, 3.63) is 218 Å². The second kappa shape index (κ2) is 15.1. The third kappa shape index (κ3) is 6.44. The van der Waals surface area contributed by atoms with E-state index in [0.717, 1.165) is 50.5 Å². The lowest BCUT2D eigenvalue weighted by molar-refractivity contribution is 1.18. The van der Waals surface area contributed by atoms with Gasteiger partial charge in [0.05, 0.1) is 11.0 Å². The largest absolute Gasteiger partial charge is 0.404 e. The van der Waals surface area contributed by atoms with Crippen molar-refractivity contribution >= 4 is 44.4 Å². The van der Waals surface area contributed by atoms with Gasteiger partial charge >= 0.3 is 0 Å². The molecule has 0 unspecified atom stereocenters. The summed E-state index contributed by atoms with van der Waals surface area (Å²) in [6.45, 7) is 2.01. The van der Waals surface area contributed by atoms with Crippen LogP contribution in [-0.4, -0.2) is 9.55 Å². The molecule has 2 aromatic heterocycles. The quantitative estimate of drug-likeness (QED) is 0.151. The van der Waals surface area contributed by atoms with E-state index >= 15 is 0 Å². The molecule has 0 saturated carbocycles. The van der Waals surface area contributed by atoms with Crippen LogP contribution in [0.2, 0.25) is 0 Å². The van der Waals surface area contributed by atoms with Gasteiger partial charge < -0.3 is 15.2 Å². The van der Waals surface area contributed by atoms with Gasteiger partial charge in [-0.2, -0.15) is 0 Å². The fourth-order valence-electron chi connectivity index (χ4n) is 7.78. The van der Waals surface area contributed by atoms with Crippen LogP contribution in [0.3, 0.4) is 0 Å². The molecule has 0 aliphatic heterocycles. The van der Waals surface area contributed by atoms with Crippen LogP contribution in [0.5, 0.6) is 0 Å². The molecule has 4 nitrogen and oxygen atoms in total. The van der Waals surface area contributed by atoms with Gasteiger partial charge in [0.2, 0.25) is 0 Å². The van der Waals surface area contributed by atoms with Crippen LogP contribution in [0.1, 0.15) is 12.5 Å². The van der Waals surface area contributed by atoms with Crippen molar-refractivity contribution < 1.29 is 0 Å². The van der Waals surface area contributed by atoms with Gasteiger partial charge in [0.25, 0.3) is 0 Å². The van der Waals surface area contributed by atoms with Gasteiger partial charge in [-0.15, -0.1) is 0 Å². The fraction of sp³-hybridized carbons (Fsp3) is 0.0192. The van der Waals surface area contributed by atoms with E-state index in [1.807, 2.05) is 43.6 Å². The topological polar surface area (TPSA) is 47.1 Å². The van der Waals surface area contributed by atoms with Crippen LogP contribution in [0.4, 0.5) is 17.1 Å². The maximum Gasteiger partial charge on any atom is 0.0619 e. The van der Waals surface area contributed by atoms with E-state index in [1.54, 1.807) is 6.20 Å². The number of hydrogen-bond donors (Lipinski definition) is 1. The second-order valence-corrected chi connectivity index (χ2v) is 13.8. The summed E-state index contributed by atoms with van der Waals surface area (Å²) in [7, 11) is 0. The standard InChI is InChI=1S/C52H40N4/c1-2-12-42(36-53)39-21-25-46(26-22-39)55(45-23-19-38(20-24-45)40-29-31-54-32-30-40)47-27-28-51-49(35-47)50-34-43(37-13-6-3-7-14-37)33-48(41-15-8-4-9-16-41)52(50)56(51)44-17-10-5-11-18-44/h2-36H,53H2,1H3/b12-2-,42-36+. The molecule has 0 aliphatic rings. The summed E-state index contributed by atoms with van der Waals surface area (Å²) < 4.78 is 2.43. The van der Waals surface area contributed by atoms with Crippen molar-refractivity contribution in [2.45, 2.75) is 6.92 Å². The predicted molar refractivity (Wildman–Crippen MR) is 237 cm³/mol. The number of pyridine rings is 1. The van der Waals surface area contributed by atoms with Crippen LogP contribution in [0.15, 0.2) is 213 Å². The van der Waals surface area contributed by atoms with Crippen molar-refractivity contribution in [1.82, 2.24) is 9.55 Å². The van der Waals surface area contributed by atoms with Crippen molar-refractivity contribution in [3.63, 3.8) is 0 Å². The maximum atomic E-state index is 6.04. The molecule has 0 spiro atoms. The van der Waals surface area contributed by atoms with Crippen molar-refractivity contribution in [1.29, 1.82) is 0 Å². The third-order valence-corrected chi connectivity index (χ3v) is 10.4. The number of anilines is 3. The molecule has 0 radical (unpaired) electrons. The van der Waals surface area contributed by atoms with E-state index in [4.69, 9.17) is 5.73 Å². The first-order chi connectivity index (χ1) is 27.7. The highest BCUT2D eigenvalue weighted by atomic mass is 15.1. The van der Waals surface area contributed by atoms with E-state index < -0.39 is 0 Å². The average Bonchev–Trinajstić information content (AvgIpc) is 3.61. The van der Waals surface area contributed by atoms with E-state index in [9.17, 15) is 0 Å². The van der Waals surface area contributed by atoms with Crippen LogP contribution in [0, 0.1) is 0 Å². The lowest BCUT2D eigenvalue weighted by Gasteiger charge is -2.26. The van der Waals surface area contributed by atoms with Crippen molar-refractivity contribution in [3.8, 4) is 39.1 Å². The number of benzene rings is 7. The first kappa shape index (κ1) is 34.3. The Bertz CT molecular complexity index is 2820. The Labute approximate surface area is 327 Å². The summed E-state index contributed by atoms with van der Waals surface area (Å²) in [6.07, 6.45) is 9.38. The lowest BCUT2D eigenvalue weighted by atomic mass is 9.95. The van der Waals surface area contributed by atoms with Crippen LogP contribution in [-0.2, 0) is 0 Å². The summed E-state index contributed by atoms with van der Waals surface area (Å²) in [5, 5.41) is 2.37. The number of para-hydroxylation sites is 1. The predicted octanol–water partition coefficient (Wildman–Crippen LogP) is 13.5. The smallest absolute Gasteiger partial charge is 0.0619 e. The molecule has 2 heterocycles. The van der Waals surface area contributed by atoms with E-state index in [0.29, 0.717) is 0 Å². The van der Waals surface area contributed by atoms with Gasteiger partial charge in [0.15, 0.2) is 0 Å². The minimum atomic E-state index is 0.978. The van der Waals surface area contributed by atoms with E-state index in [-0.39, 0.29) is 0 Å². The fourth-order valence-corrected chi connectivity index (χ4v) is 7.78. The monoisotopic (exact) mass is 720 g/mol. The molecular weight excluding hydrogens is 681 g/mol. The van der Waals surface area contributed by atoms with Crippen molar-refractivity contribution in [2.24, 2.45) is 5.73 Å². The Hall–Kier alpha value is -7.43. The molecule has 4 heteroatoms.